The molecule has 0 aliphatic heterocycles. The Labute approximate surface area is 90.4 Å². The maximum atomic E-state index is 12.6. The summed E-state index contributed by atoms with van der Waals surface area (Å²) >= 11 is 3.35. The van der Waals surface area contributed by atoms with E-state index < -0.39 is 5.92 Å². The third-order valence-electron chi connectivity index (χ3n) is 2.67. The van der Waals surface area contributed by atoms with Gasteiger partial charge in [0.05, 0.1) is 0 Å². The summed E-state index contributed by atoms with van der Waals surface area (Å²) in [6.45, 7) is 0. The van der Waals surface area contributed by atoms with Gasteiger partial charge in [0.25, 0.3) is 0 Å². The Bertz CT molecular complexity index is 328. The summed E-state index contributed by atoms with van der Waals surface area (Å²) in [5.74, 6) is -2.36. The maximum absolute atomic E-state index is 12.6. The predicted octanol–water partition coefficient (Wildman–Crippen LogP) is 4.09. The Kier molecular flexibility index (Phi) is 2.60. The Morgan fingerprint density at radius 2 is 2.07 bits per heavy atom. The molecule has 0 heterocycles. The number of halogens is 3. The Morgan fingerprint density at radius 3 is 2.64 bits per heavy atom. The lowest BCUT2D eigenvalue weighted by atomic mass is 9.76. The Morgan fingerprint density at radius 1 is 1.36 bits per heavy atom. The molecule has 2 rings (SSSR count). The summed E-state index contributed by atoms with van der Waals surface area (Å²) in [4.78, 5) is 0. The first-order chi connectivity index (χ1) is 6.61. The van der Waals surface area contributed by atoms with E-state index >= 15 is 0 Å². The number of rotatable bonds is 2. The van der Waals surface area contributed by atoms with Gasteiger partial charge in [-0.05, 0) is 17.0 Å². The van der Waals surface area contributed by atoms with Crippen LogP contribution in [0.3, 0.4) is 0 Å². The molecule has 1 aliphatic rings. The van der Waals surface area contributed by atoms with Crippen molar-refractivity contribution >= 4 is 15.9 Å². The van der Waals surface area contributed by atoms with Gasteiger partial charge >= 0.3 is 0 Å². The fraction of sp³-hybridized carbons (Fsp3) is 0.455. The van der Waals surface area contributed by atoms with Crippen LogP contribution in [0.1, 0.15) is 29.9 Å². The van der Waals surface area contributed by atoms with E-state index in [0.29, 0.717) is 0 Å². The van der Waals surface area contributed by atoms with Crippen LogP contribution in [0, 0.1) is 0 Å². The lowest BCUT2D eigenvalue weighted by Crippen LogP contribution is -2.33. The second-order valence-corrected chi connectivity index (χ2v) is 4.40. The van der Waals surface area contributed by atoms with Crippen LogP contribution < -0.4 is 0 Å². The largest absolute Gasteiger partial charge is 0.249 e. The van der Waals surface area contributed by atoms with Crippen molar-refractivity contribution in [2.75, 3.05) is 0 Å². The van der Waals surface area contributed by atoms with Crippen LogP contribution in [0.2, 0.25) is 0 Å². The van der Waals surface area contributed by atoms with Gasteiger partial charge in [0, 0.05) is 18.2 Å². The normalized spacial score (nSPS) is 20.5. The first-order valence-electron chi connectivity index (χ1n) is 4.63. The van der Waals surface area contributed by atoms with Crippen LogP contribution in [0.25, 0.3) is 0 Å². The molecule has 0 spiro atoms. The molecule has 76 valence electrons. The lowest BCUT2D eigenvalue weighted by Gasteiger charge is -2.35. The summed E-state index contributed by atoms with van der Waals surface area (Å²) in [6.07, 6.45) is 0.0253. The van der Waals surface area contributed by atoms with Crippen molar-refractivity contribution in [2.24, 2.45) is 0 Å². The SMILES string of the molecule is FC1(F)CC(c2cccc(CBr)c2)C1. The van der Waals surface area contributed by atoms with Gasteiger partial charge in [-0.15, -0.1) is 0 Å². The summed E-state index contributed by atoms with van der Waals surface area (Å²) in [6, 6.07) is 7.87. The fourth-order valence-electron chi connectivity index (χ4n) is 1.83. The molecule has 0 amide bonds. The fourth-order valence-corrected chi connectivity index (χ4v) is 2.18. The first kappa shape index (κ1) is 10.1. The number of alkyl halides is 3. The molecule has 0 aromatic heterocycles. The molecule has 0 unspecified atom stereocenters. The highest BCUT2D eigenvalue weighted by atomic mass is 79.9. The number of hydrogen-bond acceptors (Lipinski definition) is 0. The van der Waals surface area contributed by atoms with Crippen molar-refractivity contribution in [1.29, 1.82) is 0 Å². The zero-order valence-corrected chi connectivity index (χ0v) is 9.23. The zero-order valence-electron chi connectivity index (χ0n) is 7.64. The van der Waals surface area contributed by atoms with Gasteiger partial charge < -0.3 is 0 Å². The molecule has 0 saturated heterocycles. The average Bonchev–Trinajstić information content (AvgIpc) is 2.14. The van der Waals surface area contributed by atoms with Gasteiger partial charge in [0.15, 0.2) is 0 Å². The summed E-state index contributed by atoms with van der Waals surface area (Å²) in [5.41, 5.74) is 2.20. The van der Waals surface area contributed by atoms with Crippen molar-refractivity contribution in [3.63, 3.8) is 0 Å². The molecule has 0 atom stereocenters. The highest BCUT2D eigenvalue weighted by Crippen LogP contribution is 2.48. The topological polar surface area (TPSA) is 0 Å². The highest BCUT2D eigenvalue weighted by Gasteiger charge is 2.45. The predicted molar refractivity (Wildman–Crippen MR) is 56.0 cm³/mol. The minimum absolute atomic E-state index is 0.0126. The minimum Gasteiger partial charge on any atom is -0.207 e. The summed E-state index contributed by atoms with van der Waals surface area (Å²) in [7, 11) is 0. The second kappa shape index (κ2) is 3.61. The van der Waals surface area contributed by atoms with E-state index in [2.05, 4.69) is 15.9 Å². The van der Waals surface area contributed by atoms with Crippen molar-refractivity contribution < 1.29 is 8.78 Å². The third-order valence-corrected chi connectivity index (χ3v) is 3.31. The monoisotopic (exact) mass is 260 g/mol. The Balaban J connectivity index is 2.11. The maximum Gasteiger partial charge on any atom is 0.249 e. The highest BCUT2D eigenvalue weighted by molar-refractivity contribution is 9.08. The van der Waals surface area contributed by atoms with Crippen molar-refractivity contribution in [2.45, 2.75) is 30.0 Å². The smallest absolute Gasteiger partial charge is 0.207 e. The van der Waals surface area contributed by atoms with E-state index in [-0.39, 0.29) is 18.8 Å². The second-order valence-electron chi connectivity index (χ2n) is 3.84. The summed E-state index contributed by atoms with van der Waals surface area (Å²) < 4.78 is 25.3. The van der Waals surface area contributed by atoms with E-state index in [1.165, 1.54) is 0 Å². The van der Waals surface area contributed by atoms with Crippen molar-refractivity contribution in [3.05, 3.63) is 35.4 Å². The molecule has 0 N–H and O–H groups in total. The van der Waals surface area contributed by atoms with Crippen LogP contribution in [-0.2, 0) is 5.33 Å². The van der Waals surface area contributed by atoms with Gasteiger partial charge in [0.1, 0.15) is 0 Å². The first-order valence-corrected chi connectivity index (χ1v) is 5.75. The molecular formula is C11H11BrF2. The van der Waals surface area contributed by atoms with Gasteiger partial charge in [-0.3, -0.25) is 0 Å². The van der Waals surface area contributed by atoms with Crippen LogP contribution in [0.15, 0.2) is 24.3 Å². The molecule has 1 aromatic rings. The molecule has 1 aromatic carbocycles. The lowest BCUT2D eigenvalue weighted by molar-refractivity contribution is -0.0867. The van der Waals surface area contributed by atoms with Gasteiger partial charge in [-0.1, -0.05) is 40.2 Å². The standard InChI is InChI=1S/C11H11BrF2/c12-7-8-2-1-3-9(4-8)10-5-11(13,14)6-10/h1-4,10H,5-7H2. The average molecular weight is 261 g/mol. The molecular weight excluding hydrogens is 250 g/mol. The van der Waals surface area contributed by atoms with E-state index in [4.69, 9.17) is 0 Å². The van der Waals surface area contributed by atoms with Gasteiger partial charge in [-0.2, -0.15) is 0 Å². The minimum atomic E-state index is -2.42. The van der Waals surface area contributed by atoms with Crippen LogP contribution >= 0.6 is 15.9 Å². The van der Waals surface area contributed by atoms with Crippen LogP contribution in [0.4, 0.5) is 8.78 Å². The van der Waals surface area contributed by atoms with Crippen LogP contribution in [0.5, 0.6) is 0 Å². The van der Waals surface area contributed by atoms with E-state index in [9.17, 15) is 8.78 Å². The molecule has 1 aliphatic carbocycles. The van der Waals surface area contributed by atoms with Gasteiger partial charge in [-0.25, -0.2) is 8.78 Å². The molecule has 1 fully saturated rings. The number of benzene rings is 1. The third kappa shape index (κ3) is 1.97. The molecule has 0 bridgehead atoms. The van der Waals surface area contributed by atoms with Crippen molar-refractivity contribution in [1.82, 2.24) is 0 Å². The molecule has 14 heavy (non-hydrogen) atoms. The van der Waals surface area contributed by atoms with E-state index in [1.54, 1.807) is 0 Å². The molecule has 0 radical (unpaired) electrons. The van der Waals surface area contributed by atoms with Crippen LogP contribution in [-0.4, -0.2) is 5.92 Å². The quantitative estimate of drug-likeness (QED) is 0.703. The zero-order chi connectivity index (χ0) is 10.2. The Hall–Kier alpha value is -0.440. The molecule has 3 heteroatoms. The molecule has 1 saturated carbocycles. The van der Waals surface area contributed by atoms with Crippen molar-refractivity contribution in [3.8, 4) is 0 Å². The van der Waals surface area contributed by atoms with E-state index in [0.717, 1.165) is 16.5 Å². The van der Waals surface area contributed by atoms with Gasteiger partial charge in [0.2, 0.25) is 5.92 Å². The molecule has 0 nitrogen and oxygen atoms in total. The summed E-state index contributed by atoms with van der Waals surface area (Å²) in [5, 5.41) is 0.782. The number of hydrogen-bond donors (Lipinski definition) is 0. The van der Waals surface area contributed by atoms with E-state index in [1.807, 2.05) is 24.3 Å².